The average Bonchev–Trinajstić information content (AvgIpc) is 2.87. The minimum absolute atomic E-state index is 0.00918. The van der Waals surface area contributed by atoms with Crippen LogP contribution in [0.1, 0.15) is 33.6 Å². The molecule has 2 aromatic rings. The van der Waals surface area contributed by atoms with E-state index >= 15 is 0 Å². The number of carbonyl (C=O) groups is 2. The highest BCUT2D eigenvalue weighted by Gasteiger charge is 2.39. The first-order valence-electron chi connectivity index (χ1n) is 8.27. The normalized spacial score (nSPS) is 18.0. The Morgan fingerprint density at radius 2 is 1.52 bits per heavy atom. The van der Waals surface area contributed by atoms with E-state index in [1.165, 1.54) is 6.07 Å². The summed E-state index contributed by atoms with van der Waals surface area (Å²) in [6.45, 7) is 1.08. The van der Waals surface area contributed by atoms with E-state index in [-0.39, 0.29) is 22.9 Å². The minimum atomic E-state index is -0.613. The van der Waals surface area contributed by atoms with Gasteiger partial charge >= 0.3 is 0 Å². The molecule has 0 atom stereocenters. The molecule has 0 radical (unpaired) electrons. The molecular formula is C19H17FN2O3. The van der Waals surface area contributed by atoms with Crippen molar-refractivity contribution in [1.29, 1.82) is 0 Å². The molecule has 0 aliphatic carbocycles. The Balaban J connectivity index is 1.79. The number of hydrogen-bond acceptors (Lipinski definition) is 4. The molecule has 0 bridgehead atoms. The number of amides is 2. The van der Waals surface area contributed by atoms with Gasteiger partial charge in [-0.05, 0) is 37.1 Å². The quantitative estimate of drug-likeness (QED) is 0.854. The summed E-state index contributed by atoms with van der Waals surface area (Å²) in [5, 5.41) is 9.69. The largest absolute Gasteiger partial charge is 0.393 e. The average molecular weight is 340 g/mol. The van der Waals surface area contributed by atoms with Gasteiger partial charge in [0.2, 0.25) is 0 Å². The third-order valence-corrected chi connectivity index (χ3v) is 4.79. The third-order valence-electron chi connectivity index (χ3n) is 4.79. The Kier molecular flexibility index (Phi) is 3.77. The highest BCUT2D eigenvalue weighted by Crippen LogP contribution is 2.38. The van der Waals surface area contributed by atoms with Crippen molar-refractivity contribution in [3.63, 3.8) is 0 Å². The lowest BCUT2D eigenvalue weighted by Crippen LogP contribution is -2.38. The van der Waals surface area contributed by atoms with Gasteiger partial charge in [0.1, 0.15) is 11.5 Å². The smallest absolute Gasteiger partial charge is 0.266 e. The number of nitrogens with zero attached hydrogens (tertiary/aromatic N) is 2. The van der Waals surface area contributed by atoms with Gasteiger partial charge in [0.05, 0.1) is 22.9 Å². The van der Waals surface area contributed by atoms with E-state index in [4.69, 9.17) is 0 Å². The van der Waals surface area contributed by atoms with Crippen molar-refractivity contribution in [2.75, 3.05) is 22.9 Å². The summed E-state index contributed by atoms with van der Waals surface area (Å²) in [5.41, 5.74) is 1.07. The van der Waals surface area contributed by atoms with Gasteiger partial charge in [-0.1, -0.05) is 18.2 Å². The molecule has 5 nitrogen and oxygen atoms in total. The van der Waals surface area contributed by atoms with Crippen LogP contribution in [0.25, 0.3) is 0 Å². The fourth-order valence-electron chi connectivity index (χ4n) is 3.48. The Morgan fingerprint density at radius 3 is 2.12 bits per heavy atom. The third kappa shape index (κ3) is 2.49. The second-order valence-corrected chi connectivity index (χ2v) is 6.32. The summed E-state index contributed by atoms with van der Waals surface area (Å²) in [6.07, 6.45) is 0.767. The van der Waals surface area contributed by atoms with Crippen molar-refractivity contribution >= 4 is 23.2 Å². The summed E-state index contributed by atoms with van der Waals surface area (Å²) in [7, 11) is 0. The number of hydrogen-bond donors (Lipinski definition) is 1. The number of imide groups is 1. The molecule has 2 amide bonds. The molecule has 25 heavy (non-hydrogen) atoms. The molecule has 6 heteroatoms. The Bertz CT molecular complexity index is 824. The zero-order chi connectivity index (χ0) is 17.6. The predicted octanol–water partition coefficient (Wildman–Crippen LogP) is 2.59. The van der Waals surface area contributed by atoms with Gasteiger partial charge < -0.3 is 10.0 Å². The fourth-order valence-corrected chi connectivity index (χ4v) is 3.48. The molecule has 1 fully saturated rings. The molecular weight excluding hydrogens is 323 g/mol. The Labute approximate surface area is 144 Å². The van der Waals surface area contributed by atoms with Gasteiger partial charge in [0.15, 0.2) is 0 Å². The lowest BCUT2D eigenvalue weighted by molar-refractivity contribution is 0.0924. The van der Waals surface area contributed by atoms with Crippen LogP contribution < -0.4 is 9.80 Å². The number of rotatable bonds is 2. The SMILES string of the molecule is O=C1c2ccccc2C(=O)N1c1c(F)cccc1N1CCC(O)CC1. The van der Waals surface area contributed by atoms with Crippen LogP contribution in [0.2, 0.25) is 0 Å². The second-order valence-electron chi connectivity index (χ2n) is 6.32. The van der Waals surface area contributed by atoms with Crippen LogP contribution in [0.4, 0.5) is 15.8 Å². The lowest BCUT2D eigenvalue weighted by atomic mass is 10.1. The zero-order valence-electron chi connectivity index (χ0n) is 13.5. The van der Waals surface area contributed by atoms with Crippen molar-refractivity contribution in [2.45, 2.75) is 18.9 Å². The van der Waals surface area contributed by atoms with E-state index in [0.29, 0.717) is 31.6 Å². The van der Waals surface area contributed by atoms with Crippen molar-refractivity contribution in [3.05, 3.63) is 59.4 Å². The van der Waals surface area contributed by atoms with Crippen LogP contribution in [0, 0.1) is 5.82 Å². The predicted molar refractivity (Wildman–Crippen MR) is 91.4 cm³/mol. The first kappa shape index (κ1) is 15.8. The molecule has 1 saturated heterocycles. The molecule has 128 valence electrons. The van der Waals surface area contributed by atoms with Crippen LogP contribution in [0.15, 0.2) is 42.5 Å². The van der Waals surface area contributed by atoms with Crippen molar-refractivity contribution in [1.82, 2.24) is 0 Å². The standard InChI is InChI=1S/C19H17FN2O3/c20-15-6-3-7-16(21-10-8-12(23)9-11-21)17(15)22-18(24)13-4-1-2-5-14(13)19(22)25/h1-7,12,23H,8-11H2. The molecule has 0 aromatic heterocycles. The monoisotopic (exact) mass is 340 g/mol. The number of benzene rings is 2. The van der Waals surface area contributed by atoms with Crippen molar-refractivity contribution in [3.8, 4) is 0 Å². The van der Waals surface area contributed by atoms with E-state index in [2.05, 4.69) is 0 Å². The number of piperidine rings is 1. The van der Waals surface area contributed by atoms with Gasteiger partial charge in [0, 0.05) is 13.1 Å². The number of para-hydroxylation sites is 1. The Hall–Kier alpha value is -2.73. The van der Waals surface area contributed by atoms with Crippen LogP contribution in [-0.4, -0.2) is 36.1 Å². The topological polar surface area (TPSA) is 60.9 Å². The molecule has 0 unspecified atom stereocenters. The summed E-state index contributed by atoms with van der Waals surface area (Å²) < 4.78 is 14.7. The summed E-state index contributed by atoms with van der Waals surface area (Å²) >= 11 is 0. The molecule has 0 spiro atoms. The van der Waals surface area contributed by atoms with E-state index in [1.807, 2.05) is 4.90 Å². The molecule has 0 saturated carbocycles. The van der Waals surface area contributed by atoms with Crippen LogP contribution >= 0.6 is 0 Å². The van der Waals surface area contributed by atoms with E-state index in [1.54, 1.807) is 36.4 Å². The van der Waals surface area contributed by atoms with E-state index in [0.717, 1.165) is 4.90 Å². The zero-order valence-corrected chi connectivity index (χ0v) is 13.5. The van der Waals surface area contributed by atoms with Gasteiger partial charge in [0.25, 0.3) is 11.8 Å². The minimum Gasteiger partial charge on any atom is -0.393 e. The molecule has 2 aliphatic heterocycles. The highest BCUT2D eigenvalue weighted by molar-refractivity contribution is 6.35. The summed E-state index contributed by atoms with van der Waals surface area (Å²) in [5.74, 6) is -1.63. The molecule has 2 aromatic carbocycles. The summed E-state index contributed by atoms with van der Waals surface area (Å²) in [4.78, 5) is 28.3. The van der Waals surface area contributed by atoms with Crippen LogP contribution in [-0.2, 0) is 0 Å². The first-order chi connectivity index (χ1) is 12.1. The van der Waals surface area contributed by atoms with Gasteiger partial charge in [-0.15, -0.1) is 0 Å². The fraction of sp³-hybridized carbons (Fsp3) is 0.263. The Morgan fingerprint density at radius 1 is 0.920 bits per heavy atom. The maximum Gasteiger partial charge on any atom is 0.266 e. The second kappa shape index (κ2) is 5.97. The number of anilines is 2. The molecule has 4 rings (SSSR count). The molecule has 2 aliphatic rings. The maximum absolute atomic E-state index is 14.7. The molecule has 1 N–H and O–H groups in total. The number of aliphatic hydroxyl groups is 1. The summed E-state index contributed by atoms with van der Waals surface area (Å²) in [6, 6.07) is 11.0. The number of aliphatic hydroxyl groups excluding tert-OH is 1. The number of fused-ring (bicyclic) bond motifs is 1. The lowest BCUT2D eigenvalue weighted by Gasteiger charge is -2.34. The number of halogens is 1. The van der Waals surface area contributed by atoms with Gasteiger partial charge in [-0.3, -0.25) is 9.59 Å². The molecule has 2 heterocycles. The van der Waals surface area contributed by atoms with Gasteiger partial charge in [-0.2, -0.15) is 0 Å². The first-order valence-corrected chi connectivity index (χ1v) is 8.27. The maximum atomic E-state index is 14.7. The van der Waals surface area contributed by atoms with Gasteiger partial charge in [-0.25, -0.2) is 9.29 Å². The van der Waals surface area contributed by atoms with E-state index in [9.17, 15) is 19.1 Å². The number of carbonyl (C=O) groups excluding carboxylic acids is 2. The van der Waals surface area contributed by atoms with E-state index < -0.39 is 17.6 Å². The van der Waals surface area contributed by atoms with Crippen LogP contribution in [0.5, 0.6) is 0 Å². The van der Waals surface area contributed by atoms with Crippen molar-refractivity contribution < 1.29 is 19.1 Å². The van der Waals surface area contributed by atoms with Crippen molar-refractivity contribution in [2.24, 2.45) is 0 Å². The van der Waals surface area contributed by atoms with Crippen LogP contribution in [0.3, 0.4) is 0 Å². The highest BCUT2D eigenvalue weighted by atomic mass is 19.1.